The van der Waals surface area contributed by atoms with Crippen LogP contribution in [0.5, 0.6) is 0 Å². The fourth-order valence-electron chi connectivity index (χ4n) is 2.46. The molecule has 0 aliphatic carbocycles. The highest BCUT2D eigenvalue weighted by Gasteiger charge is 2.23. The Morgan fingerprint density at radius 2 is 2.00 bits per heavy atom. The molecule has 0 saturated heterocycles. The summed E-state index contributed by atoms with van der Waals surface area (Å²) in [7, 11) is 2.07. The Balaban J connectivity index is 2.15. The Morgan fingerprint density at radius 1 is 1.20 bits per heavy atom. The first-order chi connectivity index (χ1) is 9.81. The Morgan fingerprint density at radius 3 is 2.75 bits per heavy atom. The van der Waals surface area contributed by atoms with Gasteiger partial charge in [0.2, 0.25) is 0 Å². The number of aromatic nitrogens is 1. The van der Waals surface area contributed by atoms with Gasteiger partial charge >= 0.3 is 0 Å². The van der Waals surface area contributed by atoms with E-state index in [1.165, 1.54) is 0 Å². The molecule has 102 valence electrons. The average Bonchev–Trinajstić information content (AvgIpc) is 2.65. The summed E-state index contributed by atoms with van der Waals surface area (Å²) in [5, 5.41) is 0. The first-order valence-electron chi connectivity index (χ1n) is 6.65. The highest BCUT2D eigenvalue weighted by molar-refractivity contribution is 6.19. The number of benzodiazepines with no additional fused rings is 1. The van der Waals surface area contributed by atoms with Crippen molar-refractivity contribution in [2.45, 2.75) is 6.04 Å². The standard InChI is InChI=1S/C16H16ClN3/c1-20-12(10-17)11-19-16(14-7-4-5-9-18-14)13-6-2-3-8-15(13)20/h2-9,12H,10-11H2,1H3. The minimum Gasteiger partial charge on any atom is -0.368 e. The number of nitrogens with zero attached hydrogens (tertiary/aromatic N) is 3. The molecule has 0 bridgehead atoms. The van der Waals surface area contributed by atoms with Crippen molar-refractivity contribution in [2.75, 3.05) is 24.4 Å². The van der Waals surface area contributed by atoms with Gasteiger partial charge in [0, 0.05) is 30.4 Å². The number of benzene rings is 1. The number of likely N-dealkylation sites (N-methyl/N-ethyl adjacent to an activating group) is 1. The molecule has 0 saturated carbocycles. The summed E-state index contributed by atoms with van der Waals surface area (Å²) < 4.78 is 0. The van der Waals surface area contributed by atoms with Crippen LogP contribution in [0.3, 0.4) is 0 Å². The number of halogens is 1. The van der Waals surface area contributed by atoms with Crippen molar-refractivity contribution in [3.63, 3.8) is 0 Å². The molecule has 20 heavy (non-hydrogen) atoms. The fourth-order valence-corrected chi connectivity index (χ4v) is 2.76. The molecular weight excluding hydrogens is 270 g/mol. The number of pyridine rings is 1. The minimum atomic E-state index is 0.207. The number of aliphatic imine (C=N–C) groups is 1. The molecule has 0 spiro atoms. The summed E-state index contributed by atoms with van der Waals surface area (Å²) in [4.78, 5) is 11.4. The summed E-state index contributed by atoms with van der Waals surface area (Å²) in [6, 6.07) is 14.4. The number of fused-ring (bicyclic) bond motifs is 1. The van der Waals surface area contributed by atoms with E-state index in [9.17, 15) is 0 Å². The van der Waals surface area contributed by atoms with Crippen molar-refractivity contribution in [3.8, 4) is 0 Å². The maximum absolute atomic E-state index is 6.08. The highest BCUT2D eigenvalue weighted by Crippen LogP contribution is 2.27. The molecule has 1 aromatic carbocycles. The van der Waals surface area contributed by atoms with Gasteiger partial charge < -0.3 is 4.90 Å². The third-order valence-corrected chi connectivity index (χ3v) is 3.99. The van der Waals surface area contributed by atoms with Crippen LogP contribution in [0.15, 0.2) is 53.7 Å². The number of anilines is 1. The van der Waals surface area contributed by atoms with Gasteiger partial charge in [-0.1, -0.05) is 24.3 Å². The molecule has 1 aromatic heterocycles. The lowest BCUT2D eigenvalue weighted by molar-refractivity contribution is 0.708. The topological polar surface area (TPSA) is 28.5 Å². The third-order valence-electron chi connectivity index (χ3n) is 3.63. The van der Waals surface area contributed by atoms with Crippen LogP contribution >= 0.6 is 11.6 Å². The normalized spacial score (nSPS) is 18.2. The van der Waals surface area contributed by atoms with Crippen molar-refractivity contribution in [2.24, 2.45) is 4.99 Å². The van der Waals surface area contributed by atoms with E-state index < -0.39 is 0 Å². The van der Waals surface area contributed by atoms with Crippen LogP contribution in [0.1, 0.15) is 11.3 Å². The van der Waals surface area contributed by atoms with E-state index in [4.69, 9.17) is 16.6 Å². The monoisotopic (exact) mass is 285 g/mol. The summed E-state index contributed by atoms with van der Waals surface area (Å²) in [5.41, 5.74) is 4.12. The van der Waals surface area contributed by atoms with Crippen LogP contribution < -0.4 is 4.90 Å². The SMILES string of the molecule is CN1c2ccccc2C(c2ccccn2)=NCC1CCl. The van der Waals surface area contributed by atoms with Gasteiger partial charge in [0.15, 0.2) is 0 Å². The molecule has 2 aromatic rings. The second-order valence-corrected chi connectivity index (χ2v) is 5.15. The Bertz CT molecular complexity index is 625. The van der Waals surface area contributed by atoms with Crippen LogP contribution in [0.4, 0.5) is 5.69 Å². The van der Waals surface area contributed by atoms with Crippen molar-refractivity contribution in [3.05, 3.63) is 59.9 Å². The van der Waals surface area contributed by atoms with Gasteiger partial charge in [0.05, 0.1) is 24.0 Å². The lowest BCUT2D eigenvalue weighted by Gasteiger charge is -2.26. The van der Waals surface area contributed by atoms with Crippen molar-refractivity contribution in [1.82, 2.24) is 4.98 Å². The fraction of sp³-hybridized carbons (Fsp3) is 0.250. The summed E-state index contributed by atoms with van der Waals surface area (Å²) >= 11 is 6.08. The number of alkyl halides is 1. The van der Waals surface area contributed by atoms with E-state index in [1.807, 2.05) is 30.3 Å². The minimum absolute atomic E-state index is 0.207. The molecule has 4 heteroatoms. The zero-order valence-electron chi connectivity index (χ0n) is 11.3. The van der Waals surface area contributed by atoms with E-state index in [1.54, 1.807) is 6.20 Å². The first-order valence-corrected chi connectivity index (χ1v) is 7.18. The van der Waals surface area contributed by atoms with Gasteiger partial charge in [0.1, 0.15) is 0 Å². The van der Waals surface area contributed by atoms with E-state index in [0.717, 1.165) is 22.7 Å². The zero-order valence-corrected chi connectivity index (χ0v) is 12.1. The highest BCUT2D eigenvalue weighted by atomic mass is 35.5. The predicted octanol–water partition coefficient (Wildman–Crippen LogP) is 2.98. The van der Waals surface area contributed by atoms with Crippen LogP contribution in [-0.4, -0.2) is 36.2 Å². The van der Waals surface area contributed by atoms with E-state index in [-0.39, 0.29) is 6.04 Å². The quantitative estimate of drug-likeness (QED) is 0.794. The van der Waals surface area contributed by atoms with Gasteiger partial charge in [-0.05, 0) is 18.2 Å². The van der Waals surface area contributed by atoms with Crippen LogP contribution in [0.2, 0.25) is 0 Å². The molecule has 2 heterocycles. The molecule has 1 aliphatic heterocycles. The van der Waals surface area contributed by atoms with Gasteiger partial charge in [-0.2, -0.15) is 0 Å². The Labute approximate surface area is 123 Å². The lowest BCUT2D eigenvalue weighted by Crippen LogP contribution is -2.35. The molecule has 0 N–H and O–H groups in total. The third kappa shape index (κ3) is 2.29. The van der Waals surface area contributed by atoms with Crippen molar-refractivity contribution in [1.29, 1.82) is 0 Å². The zero-order chi connectivity index (χ0) is 13.9. The predicted molar refractivity (Wildman–Crippen MR) is 84.1 cm³/mol. The second-order valence-electron chi connectivity index (χ2n) is 4.84. The van der Waals surface area contributed by atoms with E-state index >= 15 is 0 Å². The lowest BCUT2D eigenvalue weighted by atomic mass is 10.0. The van der Waals surface area contributed by atoms with Crippen molar-refractivity contribution < 1.29 is 0 Å². The number of rotatable bonds is 2. The molecule has 1 atom stereocenters. The molecule has 0 radical (unpaired) electrons. The Hall–Kier alpha value is -1.87. The molecule has 3 rings (SSSR count). The largest absolute Gasteiger partial charge is 0.368 e. The molecular formula is C16H16ClN3. The van der Waals surface area contributed by atoms with Gasteiger partial charge in [-0.3, -0.25) is 9.98 Å². The van der Waals surface area contributed by atoms with Gasteiger partial charge in [-0.15, -0.1) is 11.6 Å². The number of para-hydroxylation sites is 1. The second kappa shape index (κ2) is 5.63. The summed E-state index contributed by atoms with van der Waals surface area (Å²) in [6.07, 6.45) is 1.80. The Kier molecular flexibility index (Phi) is 3.70. The van der Waals surface area contributed by atoms with Crippen LogP contribution in [0.25, 0.3) is 0 Å². The molecule has 1 unspecified atom stereocenters. The smallest absolute Gasteiger partial charge is 0.0924 e. The van der Waals surface area contributed by atoms with Crippen LogP contribution in [0, 0.1) is 0 Å². The number of hydrogen-bond donors (Lipinski definition) is 0. The van der Waals surface area contributed by atoms with E-state index in [0.29, 0.717) is 12.4 Å². The van der Waals surface area contributed by atoms with Gasteiger partial charge in [0.25, 0.3) is 0 Å². The summed E-state index contributed by atoms with van der Waals surface area (Å²) in [6.45, 7) is 0.681. The molecule has 1 aliphatic rings. The molecule has 0 amide bonds. The first kappa shape index (κ1) is 13.1. The maximum atomic E-state index is 6.08. The van der Waals surface area contributed by atoms with E-state index in [2.05, 4.69) is 29.1 Å². The summed E-state index contributed by atoms with van der Waals surface area (Å²) in [5.74, 6) is 0.559. The van der Waals surface area contributed by atoms with Crippen molar-refractivity contribution >= 4 is 23.0 Å². The van der Waals surface area contributed by atoms with Gasteiger partial charge in [-0.25, -0.2) is 0 Å². The molecule has 0 fully saturated rings. The average molecular weight is 286 g/mol. The van der Waals surface area contributed by atoms with Crippen LogP contribution in [-0.2, 0) is 0 Å². The number of hydrogen-bond acceptors (Lipinski definition) is 3. The molecule has 3 nitrogen and oxygen atoms in total. The maximum Gasteiger partial charge on any atom is 0.0924 e.